The fourth-order valence-electron chi connectivity index (χ4n) is 3.06. The van der Waals surface area contributed by atoms with Crippen LogP contribution in [-0.4, -0.2) is 60.6 Å². The lowest BCUT2D eigenvalue weighted by atomic mass is 10.1. The summed E-state index contributed by atoms with van der Waals surface area (Å²) in [5.74, 6) is 0.772. The molecule has 3 rings (SSSR count). The Morgan fingerprint density at radius 2 is 1.93 bits per heavy atom. The molecule has 0 unspecified atom stereocenters. The SMILES string of the molecule is COc1ccccc1-c1cc(=O)n(CCC(=O)N2CCN(C)CC2)c(=S)s1. The van der Waals surface area contributed by atoms with E-state index in [0.717, 1.165) is 36.6 Å². The molecule has 144 valence electrons. The molecule has 0 spiro atoms. The molecule has 0 N–H and O–H groups in total. The fourth-order valence-corrected chi connectivity index (χ4v) is 4.43. The number of carbonyl (C=O) groups is 1. The number of benzene rings is 1. The van der Waals surface area contributed by atoms with E-state index in [2.05, 4.69) is 11.9 Å². The summed E-state index contributed by atoms with van der Waals surface area (Å²) >= 11 is 6.79. The number of ether oxygens (including phenoxy) is 1. The Morgan fingerprint density at radius 1 is 1.22 bits per heavy atom. The first-order valence-electron chi connectivity index (χ1n) is 8.84. The quantitative estimate of drug-likeness (QED) is 0.716. The van der Waals surface area contributed by atoms with Gasteiger partial charge in [0.15, 0.2) is 3.95 Å². The number of rotatable bonds is 5. The molecule has 1 saturated heterocycles. The van der Waals surface area contributed by atoms with Crippen LogP contribution in [0.5, 0.6) is 5.75 Å². The molecule has 0 radical (unpaired) electrons. The summed E-state index contributed by atoms with van der Waals surface area (Å²) in [6.07, 6.45) is 0.286. The number of methoxy groups -OCH3 is 1. The lowest BCUT2D eigenvalue weighted by molar-refractivity contribution is -0.133. The van der Waals surface area contributed by atoms with Gasteiger partial charge in [-0.25, -0.2) is 0 Å². The molecule has 8 heteroatoms. The first-order valence-corrected chi connectivity index (χ1v) is 10.1. The van der Waals surface area contributed by atoms with Gasteiger partial charge >= 0.3 is 0 Å². The minimum absolute atomic E-state index is 0.0724. The van der Waals surface area contributed by atoms with E-state index in [1.165, 1.54) is 15.9 Å². The molecule has 2 aromatic rings. The molecule has 1 aliphatic rings. The number of para-hydroxylation sites is 1. The van der Waals surface area contributed by atoms with E-state index in [1.54, 1.807) is 13.2 Å². The first kappa shape index (κ1) is 19.7. The molecule has 2 heterocycles. The van der Waals surface area contributed by atoms with Gasteiger partial charge in [-0.15, -0.1) is 11.3 Å². The third-order valence-electron chi connectivity index (χ3n) is 4.72. The van der Waals surface area contributed by atoms with Gasteiger partial charge in [0.05, 0.1) is 7.11 Å². The maximum atomic E-state index is 12.6. The topological polar surface area (TPSA) is 54.8 Å². The predicted octanol–water partition coefficient (Wildman–Crippen LogP) is 2.48. The van der Waals surface area contributed by atoms with Crippen LogP contribution in [0, 0.1) is 3.95 Å². The van der Waals surface area contributed by atoms with Crippen LogP contribution >= 0.6 is 23.6 Å². The van der Waals surface area contributed by atoms with Gasteiger partial charge in [0.25, 0.3) is 5.56 Å². The summed E-state index contributed by atoms with van der Waals surface area (Å²) in [5.41, 5.74) is 0.652. The summed E-state index contributed by atoms with van der Waals surface area (Å²) in [6.45, 7) is 3.55. The molecule has 1 aliphatic heterocycles. The number of likely N-dealkylation sites (N-methyl/N-ethyl adjacent to an activating group) is 1. The Hall–Kier alpha value is -2.03. The summed E-state index contributed by atoms with van der Waals surface area (Å²) in [6, 6.07) is 9.10. The number of piperazine rings is 1. The number of hydrogen-bond donors (Lipinski definition) is 0. The van der Waals surface area contributed by atoms with Crippen molar-refractivity contribution in [2.75, 3.05) is 40.3 Å². The van der Waals surface area contributed by atoms with E-state index >= 15 is 0 Å². The monoisotopic (exact) mass is 405 g/mol. The average Bonchev–Trinajstić information content (AvgIpc) is 2.67. The highest BCUT2D eigenvalue weighted by Gasteiger charge is 2.19. The number of amides is 1. The molecule has 0 aliphatic carbocycles. The first-order chi connectivity index (χ1) is 13.0. The van der Waals surface area contributed by atoms with Gasteiger partial charge in [0, 0.05) is 55.7 Å². The molecule has 0 bridgehead atoms. The van der Waals surface area contributed by atoms with Crippen LogP contribution < -0.4 is 10.3 Å². The molecule has 1 aromatic heterocycles. The van der Waals surface area contributed by atoms with Crippen molar-refractivity contribution >= 4 is 29.5 Å². The highest BCUT2D eigenvalue weighted by atomic mass is 32.1. The number of hydrogen-bond acceptors (Lipinski definition) is 6. The fraction of sp³-hybridized carbons (Fsp3) is 0.421. The van der Waals surface area contributed by atoms with Crippen LogP contribution in [0.25, 0.3) is 10.4 Å². The highest BCUT2D eigenvalue weighted by Crippen LogP contribution is 2.31. The number of nitrogens with zero attached hydrogens (tertiary/aromatic N) is 3. The number of carbonyl (C=O) groups excluding carboxylic acids is 1. The van der Waals surface area contributed by atoms with Gasteiger partial charge in [-0.1, -0.05) is 12.1 Å². The zero-order valence-corrected chi connectivity index (χ0v) is 17.1. The van der Waals surface area contributed by atoms with E-state index in [-0.39, 0.29) is 17.9 Å². The van der Waals surface area contributed by atoms with Gasteiger partial charge in [-0.3, -0.25) is 14.2 Å². The van der Waals surface area contributed by atoms with Gasteiger partial charge in [-0.05, 0) is 31.4 Å². The second kappa shape index (κ2) is 8.77. The summed E-state index contributed by atoms with van der Waals surface area (Å²) < 4.78 is 7.35. The summed E-state index contributed by atoms with van der Waals surface area (Å²) in [7, 11) is 3.65. The van der Waals surface area contributed by atoms with E-state index < -0.39 is 0 Å². The van der Waals surface area contributed by atoms with Gasteiger partial charge in [-0.2, -0.15) is 0 Å². The van der Waals surface area contributed by atoms with Crippen LogP contribution in [0.3, 0.4) is 0 Å². The van der Waals surface area contributed by atoms with Crippen molar-refractivity contribution in [3.63, 3.8) is 0 Å². The van der Waals surface area contributed by atoms with Crippen LogP contribution in [0.15, 0.2) is 35.1 Å². The van der Waals surface area contributed by atoms with Crippen LogP contribution in [-0.2, 0) is 11.3 Å². The minimum Gasteiger partial charge on any atom is -0.496 e. The molecule has 6 nitrogen and oxygen atoms in total. The van der Waals surface area contributed by atoms with Crippen LogP contribution in [0.4, 0.5) is 0 Å². The summed E-state index contributed by atoms with van der Waals surface area (Å²) in [4.78, 5) is 29.8. The van der Waals surface area contributed by atoms with Crippen molar-refractivity contribution in [1.82, 2.24) is 14.4 Å². The second-order valence-electron chi connectivity index (χ2n) is 6.50. The Morgan fingerprint density at radius 3 is 2.59 bits per heavy atom. The maximum Gasteiger partial charge on any atom is 0.253 e. The number of aromatic nitrogens is 1. The standard InChI is InChI=1S/C19H23N3O3S2/c1-20-9-11-21(12-10-20)17(23)7-8-22-18(24)13-16(27-19(22)26)14-5-3-4-6-15(14)25-2/h3-6,13H,7-12H2,1-2H3. The highest BCUT2D eigenvalue weighted by molar-refractivity contribution is 7.73. The minimum atomic E-state index is -0.189. The molecular formula is C19H23N3O3S2. The molecular weight excluding hydrogens is 382 g/mol. The Labute approximate surface area is 167 Å². The molecule has 1 fully saturated rings. The summed E-state index contributed by atoms with van der Waals surface area (Å²) in [5, 5.41) is 0. The van der Waals surface area contributed by atoms with E-state index in [9.17, 15) is 9.59 Å². The zero-order valence-electron chi connectivity index (χ0n) is 15.5. The van der Waals surface area contributed by atoms with Crippen molar-refractivity contribution in [3.8, 4) is 16.2 Å². The Balaban J connectivity index is 1.75. The van der Waals surface area contributed by atoms with E-state index in [0.29, 0.717) is 16.2 Å². The van der Waals surface area contributed by atoms with Crippen molar-refractivity contribution in [1.29, 1.82) is 0 Å². The lowest BCUT2D eigenvalue weighted by Crippen LogP contribution is -2.47. The largest absolute Gasteiger partial charge is 0.496 e. The van der Waals surface area contributed by atoms with E-state index in [1.807, 2.05) is 29.2 Å². The molecule has 1 amide bonds. The molecule has 0 saturated carbocycles. The van der Waals surface area contributed by atoms with Gasteiger partial charge < -0.3 is 14.5 Å². The molecule has 1 aromatic carbocycles. The molecule has 27 heavy (non-hydrogen) atoms. The van der Waals surface area contributed by atoms with Crippen molar-refractivity contribution in [2.24, 2.45) is 0 Å². The third kappa shape index (κ3) is 4.63. The smallest absolute Gasteiger partial charge is 0.253 e. The van der Waals surface area contributed by atoms with Crippen molar-refractivity contribution in [2.45, 2.75) is 13.0 Å². The van der Waals surface area contributed by atoms with Gasteiger partial charge in [0.1, 0.15) is 5.75 Å². The van der Waals surface area contributed by atoms with Gasteiger partial charge in [0.2, 0.25) is 5.91 Å². The second-order valence-corrected chi connectivity index (χ2v) is 8.18. The van der Waals surface area contributed by atoms with Crippen LogP contribution in [0.1, 0.15) is 6.42 Å². The Kier molecular flexibility index (Phi) is 6.41. The van der Waals surface area contributed by atoms with E-state index in [4.69, 9.17) is 17.0 Å². The predicted molar refractivity (Wildman–Crippen MR) is 110 cm³/mol. The lowest BCUT2D eigenvalue weighted by Gasteiger charge is -2.32. The third-order valence-corrected chi connectivity index (χ3v) is 6.14. The Bertz CT molecular complexity index is 899. The molecule has 0 atom stereocenters. The average molecular weight is 406 g/mol. The normalized spacial score (nSPS) is 15.0. The van der Waals surface area contributed by atoms with Crippen molar-refractivity contribution in [3.05, 3.63) is 44.6 Å². The zero-order chi connectivity index (χ0) is 19.4. The maximum absolute atomic E-state index is 12.6. The van der Waals surface area contributed by atoms with Crippen molar-refractivity contribution < 1.29 is 9.53 Å². The van der Waals surface area contributed by atoms with Crippen LogP contribution in [0.2, 0.25) is 0 Å².